The molecule has 4 nitrogen and oxygen atoms in total. The summed E-state index contributed by atoms with van der Waals surface area (Å²) in [6, 6.07) is 45.0. The number of fused-ring (bicyclic) bond motifs is 7. The molecule has 4 heteroatoms. The fraction of sp³-hybridized carbons (Fsp3) is 0.0750. The Kier molecular flexibility index (Phi) is 5.21. The number of hydrogen-bond acceptors (Lipinski definition) is 3. The predicted molar refractivity (Wildman–Crippen MR) is 180 cm³/mol. The third-order valence-corrected chi connectivity index (χ3v) is 9.21. The highest BCUT2D eigenvalue weighted by molar-refractivity contribution is 6.14. The Morgan fingerprint density at radius 2 is 1.30 bits per heavy atom. The van der Waals surface area contributed by atoms with Gasteiger partial charge < -0.3 is 0 Å². The van der Waals surface area contributed by atoms with Crippen molar-refractivity contribution in [1.29, 1.82) is 0 Å². The molecule has 0 aliphatic heterocycles. The summed E-state index contributed by atoms with van der Waals surface area (Å²) in [5, 5.41) is 4.88. The van der Waals surface area contributed by atoms with E-state index in [0.29, 0.717) is 0 Å². The van der Waals surface area contributed by atoms with Crippen molar-refractivity contribution in [3.8, 4) is 39.6 Å². The van der Waals surface area contributed by atoms with Crippen LogP contribution >= 0.6 is 0 Å². The van der Waals surface area contributed by atoms with Crippen LogP contribution in [-0.2, 0) is 5.41 Å². The van der Waals surface area contributed by atoms with Gasteiger partial charge >= 0.3 is 0 Å². The van der Waals surface area contributed by atoms with E-state index < -0.39 is 0 Å². The van der Waals surface area contributed by atoms with E-state index in [4.69, 9.17) is 9.97 Å². The van der Waals surface area contributed by atoms with Crippen LogP contribution in [0.5, 0.6) is 0 Å². The van der Waals surface area contributed by atoms with E-state index in [0.717, 1.165) is 50.8 Å². The van der Waals surface area contributed by atoms with Gasteiger partial charge in [0.2, 0.25) is 0 Å². The first-order valence-electron chi connectivity index (χ1n) is 15.0. The largest absolute Gasteiger partial charge is 0.293 e. The van der Waals surface area contributed by atoms with Crippen LogP contribution in [0.1, 0.15) is 25.1 Å². The molecule has 0 N–H and O–H groups in total. The molecule has 0 unspecified atom stereocenters. The molecule has 3 aromatic heterocycles. The normalized spacial score (nSPS) is 13.4. The van der Waals surface area contributed by atoms with E-state index >= 15 is 0 Å². The molecule has 208 valence electrons. The molecule has 0 radical (unpaired) electrons. The fourth-order valence-electron chi connectivity index (χ4n) is 7.02. The van der Waals surface area contributed by atoms with Crippen molar-refractivity contribution in [3.05, 3.63) is 145 Å². The van der Waals surface area contributed by atoms with Gasteiger partial charge in [-0.2, -0.15) is 0 Å². The smallest absolute Gasteiger partial charge is 0.161 e. The second-order valence-electron chi connectivity index (χ2n) is 12.1. The van der Waals surface area contributed by atoms with E-state index in [2.05, 4.69) is 133 Å². The van der Waals surface area contributed by atoms with Crippen LogP contribution < -0.4 is 0 Å². The van der Waals surface area contributed by atoms with Gasteiger partial charge in [-0.25, -0.2) is 9.97 Å². The molecule has 0 fully saturated rings. The molecule has 9 rings (SSSR count). The number of aromatic nitrogens is 4. The van der Waals surface area contributed by atoms with Crippen LogP contribution in [0.15, 0.2) is 134 Å². The molecule has 8 aromatic rings. The molecule has 5 aromatic carbocycles. The van der Waals surface area contributed by atoms with Crippen molar-refractivity contribution >= 4 is 32.6 Å². The molecule has 3 heterocycles. The zero-order valence-corrected chi connectivity index (χ0v) is 24.5. The van der Waals surface area contributed by atoms with Crippen LogP contribution in [-0.4, -0.2) is 19.5 Å². The van der Waals surface area contributed by atoms with Gasteiger partial charge in [-0.1, -0.05) is 111 Å². The lowest BCUT2D eigenvalue weighted by atomic mass is 9.85. The number of para-hydroxylation sites is 1. The zero-order chi connectivity index (χ0) is 29.4. The van der Waals surface area contributed by atoms with Crippen LogP contribution in [0, 0.1) is 0 Å². The van der Waals surface area contributed by atoms with Crippen molar-refractivity contribution < 1.29 is 0 Å². The highest BCUT2D eigenvalue weighted by atomic mass is 15.1. The molecule has 0 saturated heterocycles. The average Bonchev–Trinajstić information content (AvgIpc) is 3.52. The molecule has 1 aliphatic carbocycles. The topological polar surface area (TPSA) is 43.6 Å². The van der Waals surface area contributed by atoms with E-state index in [9.17, 15) is 0 Å². The second kappa shape index (κ2) is 9.19. The highest BCUT2D eigenvalue weighted by Crippen LogP contribution is 2.51. The van der Waals surface area contributed by atoms with Crippen molar-refractivity contribution in [2.24, 2.45) is 0 Å². The summed E-state index contributed by atoms with van der Waals surface area (Å²) in [6.07, 6.45) is 1.83. The van der Waals surface area contributed by atoms with Crippen LogP contribution in [0.4, 0.5) is 0 Å². The SMILES string of the molecule is CC1(C)c2ccccc2-c2c(-n3c4ccccc4c4cc5ccccc5cc43)nc(-c3ccc(-c4ccccn4)cc3)nc21. The molecule has 0 bridgehead atoms. The minimum absolute atomic E-state index is 0.280. The average molecular weight is 565 g/mol. The molecular formula is C40H28N4. The summed E-state index contributed by atoms with van der Waals surface area (Å²) < 4.78 is 2.36. The number of rotatable bonds is 3. The molecule has 0 atom stereocenters. The van der Waals surface area contributed by atoms with E-state index in [1.54, 1.807) is 0 Å². The maximum Gasteiger partial charge on any atom is 0.161 e. The molecule has 0 amide bonds. The standard InChI is InChI=1S/C40H28N4/c1-40(2)32-15-7-5-14-30(32)36-37(40)42-38(26-20-18-25(19-21-26)33-16-9-10-22-41-33)43-39(36)44-34-17-8-6-13-29(34)31-23-27-11-3-4-12-28(27)24-35(31)44/h3-24H,1-2H3. The van der Waals surface area contributed by atoms with Gasteiger partial charge in [0.15, 0.2) is 5.82 Å². The summed E-state index contributed by atoms with van der Waals surface area (Å²) in [7, 11) is 0. The Morgan fingerprint density at radius 1 is 0.591 bits per heavy atom. The lowest BCUT2D eigenvalue weighted by Crippen LogP contribution is -2.18. The zero-order valence-electron chi connectivity index (χ0n) is 24.5. The molecule has 0 spiro atoms. The summed E-state index contributed by atoms with van der Waals surface area (Å²) in [5.41, 5.74) is 9.63. The van der Waals surface area contributed by atoms with Gasteiger partial charge in [0.05, 0.1) is 22.4 Å². The Hall–Kier alpha value is -5.61. The Balaban J connectivity index is 1.37. The van der Waals surface area contributed by atoms with Gasteiger partial charge in [-0.15, -0.1) is 0 Å². The van der Waals surface area contributed by atoms with Crippen molar-refractivity contribution in [2.75, 3.05) is 0 Å². The van der Waals surface area contributed by atoms with Gasteiger partial charge in [-0.05, 0) is 52.2 Å². The van der Waals surface area contributed by atoms with Crippen molar-refractivity contribution in [3.63, 3.8) is 0 Å². The van der Waals surface area contributed by atoms with Gasteiger partial charge in [0.1, 0.15) is 5.82 Å². The van der Waals surface area contributed by atoms with Crippen molar-refractivity contribution in [1.82, 2.24) is 19.5 Å². The Bertz CT molecular complexity index is 2400. The third-order valence-electron chi connectivity index (χ3n) is 9.21. The van der Waals surface area contributed by atoms with Gasteiger partial charge in [-0.3, -0.25) is 9.55 Å². The second-order valence-corrected chi connectivity index (χ2v) is 12.1. The summed E-state index contributed by atoms with van der Waals surface area (Å²) in [4.78, 5) is 15.3. The molecule has 1 aliphatic rings. The lowest BCUT2D eigenvalue weighted by Gasteiger charge is -2.21. The highest BCUT2D eigenvalue weighted by Gasteiger charge is 2.40. The quantitative estimate of drug-likeness (QED) is 0.215. The molecule has 0 saturated carbocycles. The molecule has 44 heavy (non-hydrogen) atoms. The number of hydrogen-bond donors (Lipinski definition) is 0. The first-order chi connectivity index (χ1) is 21.6. The van der Waals surface area contributed by atoms with Crippen molar-refractivity contribution in [2.45, 2.75) is 19.3 Å². The van der Waals surface area contributed by atoms with E-state index in [-0.39, 0.29) is 5.41 Å². The summed E-state index contributed by atoms with van der Waals surface area (Å²) in [5.74, 6) is 1.64. The number of nitrogens with zero attached hydrogens (tertiary/aromatic N) is 4. The number of benzene rings is 5. The maximum atomic E-state index is 5.44. The van der Waals surface area contributed by atoms with Crippen LogP contribution in [0.2, 0.25) is 0 Å². The predicted octanol–water partition coefficient (Wildman–Crippen LogP) is 9.76. The molecular weight excluding hydrogens is 536 g/mol. The summed E-state index contributed by atoms with van der Waals surface area (Å²) >= 11 is 0. The van der Waals surface area contributed by atoms with Crippen LogP contribution in [0.25, 0.3) is 72.2 Å². The number of pyridine rings is 1. The minimum Gasteiger partial charge on any atom is -0.293 e. The summed E-state index contributed by atoms with van der Waals surface area (Å²) in [6.45, 7) is 4.56. The Labute approximate surface area is 255 Å². The van der Waals surface area contributed by atoms with Crippen LogP contribution in [0.3, 0.4) is 0 Å². The fourth-order valence-corrected chi connectivity index (χ4v) is 7.02. The minimum atomic E-state index is -0.280. The van der Waals surface area contributed by atoms with Gasteiger partial charge in [0, 0.05) is 39.1 Å². The lowest BCUT2D eigenvalue weighted by molar-refractivity contribution is 0.635. The maximum absolute atomic E-state index is 5.44. The van der Waals surface area contributed by atoms with E-state index in [1.165, 1.54) is 32.7 Å². The Morgan fingerprint density at radius 3 is 2.11 bits per heavy atom. The monoisotopic (exact) mass is 564 g/mol. The first kappa shape index (κ1) is 24.9. The van der Waals surface area contributed by atoms with E-state index in [1.807, 2.05) is 24.4 Å². The van der Waals surface area contributed by atoms with Gasteiger partial charge in [0.25, 0.3) is 0 Å². The first-order valence-corrected chi connectivity index (χ1v) is 15.0. The third kappa shape index (κ3) is 3.54.